The third-order valence-electron chi connectivity index (χ3n) is 19.1. The minimum atomic E-state index is -0.910. The number of aromatic carboxylic acids is 1. The number of carbonyl (C=O) groups excluding carboxylic acids is 3. The van der Waals surface area contributed by atoms with Crippen molar-refractivity contribution in [2.24, 2.45) is 0 Å². The third-order valence-corrected chi connectivity index (χ3v) is 22.5. The number of carbonyl (C=O) groups is 4. The molecule has 0 aliphatic rings. The number of aromatic nitrogens is 6. The van der Waals surface area contributed by atoms with Crippen molar-refractivity contribution < 1.29 is 88.1 Å². The third kappa shape index (κ3) is 24.8. The van der Waals surface area contributed by atoms with Gasteiger partial charge in [0.05, 0.1) is 96.9 Å². The van der Waals surface area contributed by atoms with Gasteiger partial charge in [-0.15, -0.1) is 11.6 Å². The average molecular weight is 1710 g/mol. The fourth-order valence-electron chi connectivity index (χ4n) is 13.5. The summed E-state index contributed by atoms with van der Waals surface area (Å²) in [6.45, 7) is 29.1. The van der Waals surface area contributed by atoms with Gasteiger partial charge >= 0.3 is 47.5 Å². The molecule has 0 saturated heterocycles. The zero-order chi connectivity index (χ0) is 83.2. The van der Waals surface area contributed by atoms with Crippen molar-refractivity contribution in [3.8, 4) is 0 Å². The number of ether oxygens (including phenoxy) is 5. The summed E-state index contributed by atoms with van der Waals surface area (Å²) >= 11 is 17.4. The first kappa shape index (κ1) is 95.1. The van der Waals surface area contributed by atoms with E-state index in [-0.39, 0.29) is 88.9 Å². The molecule has 0 radical (unpaired) electrons. The number of fused-ring (bicyclic) bond motifs is 4. The van der Waals surface area contributed by atoms with Crippen LogP contribution in [-0.2, 0) is 62.5 Å². The minimum Gasteiger partial charge on any atom is -0.870 e. The summed E-state index contributed by atoms with van der Waals surface area (Å²) in [5.74, 6) is -1.11. The number of halogens is 2. The fourth-order valence-corrected chi connectivity index (χ4v) is 16.5. The number of hydrogen-bond donors (Lipinski definition) is 6. The van der Waals surface area contributed by atoms with Crippen LogP contribution in [0.15, 0.2) is 187 Å². The topological polar surface area (TPSA) is 292 Å². The Kier molecular flexibility index (Phi) is 37.2. The van der Waals surface area contributed by atoms with Crippen LogP contribution in [0.4, 0.5) is 0 Å². The molecule has 14 heterocycles. The number of nitrogens with one attached hydrogen (secondary N) is 4. The van der Waals surface area contributed by atoms with Gasteiger partial charge in [-0.05, 0) is 317 Å². The quantitative estimate of drug-likeness (QED) is 0.0142. The molecule has 0 aliphatic carbocycles. The van der Waals surface area contributed by atoms with Gasteiger partial charge in [0.2, 0.25) is 0 Å². The summed E-state index contributed by atoms with van der Waals surface area (Å²) in [5.41, 5.74) is 21.6. The number of aryl methyl sites for hydroxylation is 4. The smallest absolute Gasteiger partial charge is 0.870 e. The Hall–Kier alpha value is -9.04. The van der Waals surface area contributed by atoms with E-state index >= 15 is 0 Å². The van der Waals surface area contributed by atoms with Gasteiger partial charge in [-0.25, -0.2) is 19.2 Å². The second kappa shape index (κ2) is 45.8. The molecule has 0 spiro atoms. The SMILES string of the molecule is CCOC(=O)c1cc2cccn2c(C(C)O)c1C.CCOC(=O)c1cc2cccn2c(C(C)OCc2ccsc2)c1C.Cc1c(C(=O)O)cc2cccn2c1C(C)OCc1ccsc1.Cc1cc(C)c(CNC(=O)c2cc3cccn3c(C(C)OCc3ccsc3)c2C)c(=O)[nH]1.Cc1cc(C)c(CNCl)c(=O)[nH]1.ClCc1ccsc1.[Na+].[OH-]. The molecule has 0 fully saturated rings. The van der Waals surface area contributed by atoms with E-state index in [2.05, 4.69) is 51.1 Å². The van der Waals surface area contributed by atoms with E-state index in [1.807, 2.05) is 235 Å². The normalized spacial score (nSPS) is 11.8. The van der Waals surface area contributed by atoms with Crippen molar-refractivity contribution in [3.63, 3.8) is 0 Å². The van der Waals surface area contributed by atoms with E-state index in [1.165, 1.54) is 5.56 Å². The molecular weight excluding hydrogens is 1620 g/mol. The Balaban J connectivity index is 0.000000202. The van der Waals surface area contributed by atoms with Crippen LogP contribution < -0.4 is 50.8 Å². The molecule has 22 nitrogen and oxygen atoms in total. The number of aromatic amines is 2. The summed E-state index contributed by atoms with van der Waals surface area (Å²) in [7, 11) is 0. The average Bonchev–Trinajstić information content (AvgIpc) is 1.68. The Morgan fingerprint density at radius 2 is 0.803 bits per heavy atom. The van der Waals surface area contributed by atoms with Gasteiger partial charge in [0.15, 0.2) is 0 Å². The molecular formula is C88H99Cl2N8NaO14S4. The maximum Gasteiger partial charge on any atom is 1.00 e. The van der Waals surface area contributed by atoms with E-state index in [9.17, 15) is 39.0 Å². The zero-order valence-corrected chi connectivity index (χ0v) is 75.1. The van der Waals surface area contributed by atoms with Gasteiger partial charge in [-0.1, -0.05) is 0 Å². The van der Waals surface area contributed by atoms with Crippen LogP contribution in [0.3, 0.4) is 0 Å². The maximum absolute atomic E-state index is 13.1. The first-order valence-corrected chi connectivity index (χ1v) is 42.0. The van der Waals surface area contributed by atoms with Crippen LogP contribution in [0.1, 0.15) is 208 Å². The molecule has 0 bridgehead atoms. The summed E-state index contributed by atoms with van der Waals surface area (Å²) in [6.07, 6.45) is 6.60. The fraction of sp³-hybridized carbons (Fsp3) is 0.295. The number of pyridine rings is 6. The Labute approximate surface area is 728 Å². The molecule has 0 aliphatic heterocycles. The van der Waals surface area contributed by atoms with Gasteiger partial charge in [-0.2, -0.15) is 45.3 Å². The predicted octanol–water partition coefficient (Wildman–Crippen LogP) is 16.9. The molecule has 614 valence electrons. The molecule has 29 heteroatoms. The first-order valence-electron chi connectivity index (χ1n) is 37.3. The van der Waals surface area contributed by atoms with Gasteiger partial charge in [0.25, 0.3) is 17.0 Å². The molecule has 4 unspecified atom stereocenters. The standard InChI is InChI=1S/C25H27N3O3S.C19H21NO3S.C17H17NO3S.C14H17NO3.C8H11ClN2O.C5H5ClS.Na.H2O/c1-15-10-16(2)27-25(30)22(15)12-26-24(29)21-11-20-6-5-8-28(20)23(17(21)3)18(4)31-13-19-7-9-32-14-19;1-4-22-19(21)17-10-16-6-5-8-20(16)18(13(17)2)14(3)23-11-15-7-9-24-12-15;1-11-15(17(19)20)8-14-4-3-6-18(14)16(11)12(2)21-9-13-5-7-22-10-13;1-4-18-14(17)12-8-11-6-5-7-15(11)13(9(12)2)10(3)16;1-5-3-6(2)11-8(12)7(5)4-10-9;6-3-5-1-2-7-4-5;;/h5-11,14,18H,12-13H2,1-4H3,(H,26,29)(H,27,30);5-10,12,14H,4,11H2,1-3H3;3-8,10,12H,9H2,1-2H3,(H,19,20);5-8,10,16H,4H2,1-3H3;3,10H,4H2,1-2H3,(H,11,12);1-2,4H,3H2;;1H2/q;;;;;;+1;/p-1. The van der Waals surface area contributed by atoms with Crippen molar-refractivity contribution in [1.29, 1.82) is 0 Å². The van der Waals surface area contributed by atoms with E-state index in [0.717, 1.165) is 106 Å². The number of carboxylic acid groups (broad SMARTS) is 1. The van der Waals surface area contributed by atoms with E-state index < -0.39 is 12.1 Å². The van der Waals surface area contributed by atoms with Crippen molar-refractivity contribution in [3.05, 3.63) is 321 Å². The summed E-state index contributed by atoms with van der Waals surface area (Å²) in [4.78, 5) is 80.3. The van der Waals surface area contributed by atoms with Crippen LogP contribution >= 0.6 is 68.7 Å². The molecule has 14 rings (SSSR count). The molecule has 0 saturated carbocycles. The number of aliphatic hydroxyl groups excluding tert-OH is 1. The number of carboxylic acids is 1. The van der Waals surface area contributed by atoms with E-state index in [4.69, 9.17) is 47.1 Å². The number of hydrogen-bond acceptors (Lipinski definition) is 18. The molecule has 117 heavy (non-hydrogen) atoms. The summed E-state index contributed by atoms with van der Waals surface area (Å²) in [6, 6.07) is 34.7. The van der Waals surface area contributed by atoms with Gasteiger partial charge in [-0.3, -0.25) is 14.4 Å². The molecule has 14 aromatic heterocycles. The number of esters is 2. The minimum absolute atomic E-state index is 0. The predicted molar refractivity (Wildman–Crippen MR) is 463 cm³/mol. The van der Waals surface area contributed by atoms with Crippen LogP contribution in [0.25, 0.3) is 22.1 Å². The van der Waals surface area contributed by atoms with Crippen molar-refractivity contribution in [1.82, 2.24) is 37.7 Å². The maximum atomic E-state index is 13.1. The number of rotatable bonds is 24. The molecule has 7 N–H and O–H groups in total. The number of nitrogens with zero attached hydrogens (tertiary/aromatic N) is 4. The number of aliphatic hydroxyl groups is 1. The van der Waals surface area contributed by atoms with Gasteiger partial charge < -0.3 is 72.3 Å². The van der Waals surface area contributed by atoms with Crippen LogP contribution in [-0.4, -0.2) is 80.3 Å². The summed E-state index contributed by atoms with van der Waals surface area (Å²) in [5, 5.41) is 38.6. The van der Waals surface area contributed by atoms with Crippen LogP contribution in [0.2, 0.25) is 0 Å². The Bertz CT molecular complexity index is 5690. The van der Waals surface area contributed by atoms with Crippen molar-refractivity contribution in [2.75, 3.05) is 13.2 Å². The molecule has 14 aromatic rings. The molecule has 4 atom stereocenters. The Morgan fingerprint density at radius 3 is 1.12 bits per heavy atom. The van der Waals surface area contributed by atoms with Gasteiger partial charge in [0, 0.05) is 93.9 Å². The number of amides is 1. The van der Waals surface area contributed by atoms with E-state index in [1.54, 1.807) is 71.3 Å². The first-order chi connectivity index (χ1) is 55.2. The second-order valence-corrected chi connectivity index (χ2v) is 31.0. The van der Waals surface area contributed by atoms with Gasteiger partial charge in [0.1, 0.15) is 0 Å². The monoisotopic (exact) mass is 1710 g/mol. The number of alkyl halides is 1. The largest absolute Gasteiger partial charge is 1.00 e. The second-order valence-electron chi connectivity index (χ2n) is 27.3. The number of thiophene rings is 4. The Morgan fingerprint density at radius 1 is 0.479 bits per heavy atom. The zero-order valence-electron chi connectivity index (χ0n) is 68.3. The summed E-state index contributed by atoms with van der Waals surface area (Å²) < 4.78 is 36.4. The molecule has 0 aromatic carbocycles. The van der Waals surface area contributed by atoms with Crippen molar-refractivity contribution >= 4 is 115 Å². The van der Waals surface area contributed by atoms with Crippen LogP contribution in [0.5, 0.6) is 0 Å². The number of H-pyrrole nitrogens is 2. The van der Waals surface area contributed by atoms with Crippen LogP contribution in [0, 0.1) is 55.4 Å². The molecule has 1 amide bonds. The van der Waals surface area contributed by atoms with E-state index in [0.29, 0.717) is 78.8 Å². The van der Waals surface area contributed by atoms with Crippen molar-refractivity contribution in [2.45, 2.75) is 160 Å².